The molecule has 24 heavy (non-hydrogen) atoms. The first-order valence-electron chi connectivity index (χ1n) is 7.20. The maximum absolute atomic E-state index is 9.16. The highest BCUT2D eigenvalue weighted by atomic mass is 35.5. The average Bonchev–Trinajstić information content (AvgIpc) is 3.00. The minimum absolute atomic E-state index is 0. The highest BCUT2D eigenvalue weighted by molar-refractivity contribution is 5.85. The van der Waals surface area contributed by atoms with E-state index in [0.29, 0.717) is 13.1 Å². The summed E-state index contributed by atoms with van der Waals surface area (Å²) < 4.78 is 1.76. The van der Waals surface area contributed by atoms with Gasteiger partial charge in [-0.1, -0.05) is 18.2 Å². The monoisotopic (exact) mass is 366 g/mol. The number of halogens is 2. The summed E-state index contributed by atoms with van der Waals surface area (Å²) in [6.45, 7) is 1.02. The van der Waals surface area contributed by atoms with Crippen molar-refractivity contribution in [2.75, 3.05) is 6.61 Å². The van der Waals surface area contributed by atoms with E-state index in [1.807, 2.05) is 36.5 Å². The molecule has 7 heteroatoms. The van der Waals surface area contributed by atoms with Gasteiger partial charge in [-0.2, -0.15) is 5.10 Å². The molecule has 0 atom stereocenters. The van der Waals surface area contributed by atoms with Crippen molar-refractivity contribution < 1.29 is 5.11 Å². The van der Waals surface area contributed by atoms with E-state index in [4.69, 9.17) is 10.8 Å². The lowest BCUT2D eigenvalue weighted by Gasteiger charge is -2.04. The van der Waals surface area contributed by atoms with Crippen LogP contribution in [0.5, 0.6) is 0 Å². The minimum atomic E-state index is 0. The quantitative estimate of drug-likeness (QED) is 0.727. The number of pyridine rings is 1. The van der Waals surface area contributed by atoms with Crippen LogP contribution < -0.4 is 5.73 Å². The van der Waals surface area contributed by atoms with Crippen LogP contribution in [0.2, 0.25) is 0 Å². The normalized spacial score (nSPS) is 9.92. The zero-order valence-corrected chi connectivity index (χ0v) is 14.6. The molecule has 3 N–H and O–H groups in total. The number of aliphatic hydroxyl groups excluding tert-OH is 1. The Labute approximate surface area is 153 Å². The summed E-state index contributed by atoms with van der Waals surface area (Å²) in [6.07, 6.45) is 5.48. The van der Waals surface area contributed by atoms with Crippen molar-refractivity contribution in [2.24, 2.45) is 5.73 Å². The van der Waals surface area contributed by atoms with Crippen LogP contribution in [-0.2, 0) is 13.1 Å². The Balaban J connectivity index is 0.00000144. The van der Waals surface area contributed by atoms with Gasteiger partial charge in [0, 0.05) is 36.3 Å². The highest BCUT2D eigenvalue weighted by Gasteiger charge is 2.13. The van der Waals surface area contributed by atoms with Gasteiger partial charge in [-0.15, -0.1) is 24.8 Å². The minimum Gasteiger partial charge on any atom is -0.394 e. The van der Waals surface area contributed by atoms with Crippen LogP contribution in [0.15, 0.2) is 55.0 Å². The molecule has 2 heterocycles. The van der Waals surface area contributed by atoms with E-state index in [1.165, 1.54) is 0 Å². The fourth-order valence-corrected chi connectivity index (χ4v) is 2.44. The van der Waals surface area contributed by atoms with E-state index in [1.54, 1.807) is 17.1 Å². The lowest BCUT2D eigenvalue weighted by atomic mass is 10.0. The Morgan fingerprint density at radius 3 is 2.46 bits per heavy atom. The van der Waals surface area contributed by atoms with Crippen molar-refractivity contribution in [1.82, 2.24) is 14.8 Å². The third kappa shape index (κ3) is 4.33. The van der Waals surface area contributed by atoms with Crippen molar-refractivity contribution in [3.8, 4) is 22.4 Å². The molecule has 128 valence electrons. The van der Waals surface area contributed by atoms with E-state index in [2.05, 4.69) is 16.1 Å². The zero-order chi connectivity index (χ0) is 15.4. The Bertz CT molecular complexity index is 762. The van der Waals surface area contributed by atoms with Crippen LogP contribution in [-0.4, -0.2) is 26.5 Å². The standard InChI is InChI=1S/C17H18N4O.2ClH/c18-11-13-2-1-3-15(10-13)17-16(12-21(20-17)8-9-22)14-4-6-19-7-5-14;;/h1-7,10,12,22H,8-9,11,18H2;2*1H. The molecule has 0 fully saturated rings. The summed E-state index contributed by atoms with van der Waals surface area (Å²) in [5.41, 5.74) is 10.8. The van der Waals surface area contributed by atoms with Gasteiger partial charge in [-0.3, -0.25) is 9.67 Å². The Morgan fingerprint density at radius 1 is 1.04 bits per heavy atom. The van der Waals surface area contributed by atoms with Gasteiger partial charge in [0.2, 0.25) is 0 Å². The maximum Gasteiger partial charge on any atom is 0.100 e. The van der Waals surface area contributed by atoms with Crippen molar-refractivity contribution in [1.29, 1.82) is 0 Å². The van der Waals surface area contributed by atoms with E-state index < -0.39 is 0 Å². The molecule has 0 radical (unpaired) electrons. The smallest absolute Gasteiger partial charge is 0.100 e. The third-order valence-corrected chi connectivity index (χ3v) is 3.52. The average molecular weight is 367 g/mol. The summed E-state index contributed by atoms with van der Waals surface area (Å²) in [5, 5.41) is 13.8. The second kappa shape index (κ2) is 9.39. The van der Waals surface area contributed by atoms with Crippen LogP contribution in [0.4, 0.5) is 0 Å². The van der Waals surface area contributed by atoms with E-state index in [-0.39, 0.29) is 31.4 Å². The summed E-state index contributed by atoms with van der Waals surface area (Å²) in [6, 6.07) is 12.0. The number of hydrogen-bond donors (Lipinski definition) is 2. The second-order valence-corrected chi connectivity index (χ2v) is 5.02. The van der Waals surface area contributed by atoms with Gasteiger partial charge in [0.25, 0.3) is 0 Å². The molecular weight excluding hydrogens is 347 g/mol. The number of aliphatic hydroxyl groups is 1. The number of rotatable bonds is 5. The van der Waals surface area contributed by atoms with E-state index >= 15 is 0 Å². The summed E-state index contributed by atoms with van der Waals surface area (Å²) in [7, 11) is 0. The molecule has 5 nitrogen and oxygen atoms in total. The van der Waals surface area contributed by atoms with Gasteiger partial charge in [0.15, 0.2) is 0 Å². The molecule has 0 bridgehead atoms. The molecule has 3 aromatic rings. The van der Waals surface area contributed by atoms with Crippen LogP contribution in [0.25, 0.3) is 22.4 Å². The van der Waals surface area contributed by atoms with E-state index in [9.17, 15) is 0 Å². The first kappa shape index (κ1) is 20.1. The molecule has 0 aliphatic heterocycles. The van der Waals surface area contributed by atoms with Crippen LogP contribution >= 0.6 is 24.8 Å². The first-order valence-corrected chi connectivity index (χ1v) is 7.20. The summed E-state index contributed by atoms with van der Waals surface area (Å²) in [4.78, 5) is 4.06. The largest absolute Gasteiger partial charge is 0.394 e. The van der Waals surface area contributed by atoms with Gasteiger partial charge in [-0.25, -0.2) is 0 Å². The molecule has 2 aromatic heterocycles. The summed E-state index contributed by atoms with van der Waals surface area (Å²) in [5.74, 6) is 0. The van der Waals surface area contributed by atoms with Gasteiger partial charge in [0.05, 0.1) is 13.2 Å². The number of benzene rings is 1. The molecule has 3 rings (SSSR count). The van der Waals surface area contributed by atoms with Crippen molar-refractivity contribution >= 4 is 24.8 Å². The van der Waals surface area contributed by atoms with E-state index in [0.717, 1.165) is 27.9 Å². The molecule has 0 aliphatic carbocycles. The molecule has 0 aliphatic rings. The first-order chi connectivity index (χ1) is 10.8. The zero-order valence-electron chi connectivity index (χ0n) is 13.0. The lowest BCUT2D eigenvalue weighted by molar-refractivity contribution is 0.269. The number of aromatic nitrogens is 3. The summed E-state index contributed by atoms with van der Waals surface area (Å²) >= 11 is 0. The SMILES string of the molecule is Cl.Cl.NCc1cccc(-c2nn(CCO)cc2-c2ccncc2)c1. The maximum atomic E-state index is 9.16. The van der Waals surface area contributed by atoms with Crippen molar-refractivity contribution in [3.05, 3.63) is 60.6 Å². The predicted molar refractivity (Wildman–Crippen MR) is 100 cm³/mol. The molecule has 1 aromatic carbocycles. The molecule has 0 amide bonds. The number of hydrogen-bond acceptors (Lipinski definition) is 4. The molecule has 0 saturated carbocycles. The highest BCUT2D eigenvalue weighted by Crippen LogP contribution is 2.31. The van der Waals surface area contributed by atoms with Crippen LogP contribution in [0.1, 0.15) is 5.56 Å². The molecular formula is C17H20Cl2N4O. The third-order valence-electron chi connectivity index (χ3n) is 3.52. The Hall–Kier alpha value is -1.92. The van der Waals surface area contributed by atoms with Gasteiger partial charge >= 0.3 is 0 Å². The number of nitrogens with zero attached hydrogens (tertiary/aromatic N) is 3. The Morgan fingerprint density at radius 2 is 1.79 bits per heavy atom. The van der Waals surface area contributed by atoms with Gasteiger partial charge in [-0.05, 0) is 29.3 Å². The van der Waals surface area contributed by atoms with Gasteiger partial charge in [0.1, 0.15) is 5.69 Å². The lowest BCUT2D eigenvalue weighted by Crippen LogP contribution is -2.02. The topological polar surface area (TPSA) is 77.0 Å². The molecule has 0 saturated heterocycles. The van der Waals surface area contributed by atoms with Crippen LogP contribution in [0, 0.1) is 0 Å². The molecule has 0 spiro atoms. The molecule has 0 unspecified atom stereocenters. The fraction of sp³-hybridized carbons (Fsp3) is 0.176. The second-order valence-electron chi connectivity index (χ2n) is 5.02. The fourth-order valence-electron chi connectivity index (χ4n) is 2.44. The van der Waals surface area contributed by atoms with Gasteiger partial charge < -0.3 is 10.8 Å². The predicted octanol–water partition coefficient (Wildman–Crippen LogP) is 2.91. The number of nitrogens with two attached hydrogens (primary N) is 1. The Kier molecular flexibility index (Phi) is 7.88. The van der Waals surface area contributed by atoms with Crippen molar-refractivity contribution in [3.63, 3.8) is 0 Å². The van der Waals surface area contributed by atoms with Crippen LogP contribution in [0.3, 0.4) is 0 Å². The van der Waals surface area contributed by atoms with Crippen molar-refractivity contribution in [2.45, 2.75) is 13.1 Å².